The average molecular weight is 331 g/mol. The highest BCUT2D eigenvalue weighted by Gasteiger charge is 2.17. The number of benzene rings is 1. The Bertz CT molecular complexity index is 678. The van der Waals surface area contributed by atoms with Gasteiger partial charge < -0.3 is 24.2 Å². The Hall–Kier alpha value is -2.87. The summed E-state index contributed by atoms with van der Waals surface area (Å²) in [5.41, 5.74) is 0.793. The third-order valence-electron chi connectivity index (χ3n) is 3.51. The number of nitrogens with zero attached hydrogens (tertiary/aromatic N) is 2. The Kier molecular flexibility index (Phi) is 5.07. The van der Waals surface area contributed by atoms with E-state index in [0.717, 1.165) is 0 Å². The van der Waals surface area contributed by atoms with E-state index in [0.29, 0.717) is 37.7 Å². The Morgan fingerprint density at radius 2 is 1.92 bits per heavy atom. The van der Waals surface area contributed by atoms with Crippen molar-refractivity contribution in [2.45, 2.75) is 0 Å². The predicted octanol–water partition coefficient (Wildman–Crippen LogP) is 1.16. The third-order valence-corrected chi connectivity index (χ3v) is 3.51. The number of amides is 2. The van der Waals surface area contributed by atoms with Gasteiger partial charge in [-0.2, -0.15) is 0 Å². The van der Waals surface area contributed by atoms with Crippen molar-refractivity contribution >= 4 is 17.5 Å². The monoisotopic (exact) mass is 331 g/mol. The van der Waals surface area contributed by atoms with Crippen molar-refractivity contribution in [2.24, 2.45) is 0 Å². The Morgan fingerprint density at radius 3 is 2.58 bits per heavy atom. The van der Waals surface area contributed by atoms with Gasteiger partial charge in [0.05, 0.1) is 13.2 Å². The molecule has 0 bridgehead atoms. The molecule has 1 aliphatic heterocycles. The van der Waals surface area contributed by atoms with Crippen molar-refractivity contribution in [3.8, 4) is 5.75 Å². The largest absolute Gasteiger partial charge is 0.484 e. The molecule has 1 N–H and O–H groups in total. The zero-order valence-corrected chi connectivity index (χ0v) is 12.9. The topological polar surface area (TPSA) is 93.9 Å². The van der Waals surface area contributed by atoms with Gasteiger partial charge in [0.1, 0.15) is 12.0 Å². The maximum Gasteiger partial charge on any atom is 0.277 e. The number of rotatable bonds is 5. The van der Waals surface area contributed by atoms with E-state index in [4.69, 9.17) is 9.47 Å². The fraction of sp³-hybridized carbons (Fsp3) is 0.312. The van der Waals surface area contributed by atoms with E-state index in [1.54, 1.807) is 29.2 Å². The first-order valence-corrected chi connectivity index (χ1v) is 7.52. The molecule has 2 amide bonds. The fourth-order valence-corrected chi connectivity index (χ4v) is 2.21. The first kappa shape index (κ1) is 16.0. The first-order valence-electron chi connectivity index (χ1n) is 7.52. The molecule has 0 unspecified atom stereocenters. The van der Waals surface area contributed by atoms with E-state index in [1.807, 2.05) is 0 Å². The molecule has 1 saturated heterocycles. The highest BCUT2D eigenvalue weighted by atomic mass is 16.5. The number of morpholine rings is 1. The lowest BCUT2D eigenvalue weighted by atomic mass is 10.3. The molecule has 1 fully saturated rings. The van der Waals surface area contributed by atoms with E-state index in [-0.39, 0.29) is 24.1 Å². The summed E-state index contributed by atoms with van der Waals surface area (Å²) in [6, 6.07) is 8.22. The molecule has 0 saturated carbocycles. The number of anilines is 1. The lowest BCUT2D eigenvalue weighted by Crippen LogP contribution is -2.42. The van der Waals surface area contributed by atoms with Gasteiger partial charge in [0.2, 0.25) is 0 Å². The summed E-state index contributed by atoms with van der Waals surface area (Å²) in [5.74, 6) is 0.123. The van der Waals surface area contributed by atoms with Gasteiger partial charge in [0.25, 0.3) is 11.8 Å². The van der Waals surface area contributed by atoms with Crippen molar-refractivity contribution in [2.75, 3.05) is 38.2 Å². The summed E-state index contributed by atoms with van der Waals surface area (Å²) in [5, 5.41) is 6.24. The number of ether oxygens (including phenoxy) is 2. The Morgan fingerprint density at radius 1 is 1.17 bits per heavy atom. The second kappa shape index (κ2) is 7.60. The van der Waals surface area contributed by atoms with E-state index < -0.39 is 0 Å². The van der Waals surface area contributed by atoms with Gasteiger partial charge in [-0.15, -0.1) is 0 Å². The zero-order valence-electron chi connectivity index (χ0n) is 12.9. The van der Waals surface area contributed by atoms with E-state index >= 15 is 0 Å². The number of hydrogen-bond donors (Lipinski definition) is 1. The average Bonchev–Trinajstić information content (AvgIpc) is 3.16. The summed E-state index contributed by atoms with van der Waals surface area (Å²) in [7, 11) is 0. The second-order valence-corrected chi connectivity index (χ2v) is 5.15. The molecule has 126 valence electrons. The molecule has 0 aliphatic carbocycles. The van der Waals surface area contributed by atoms with Crippen LogP contribution in [0.25, 0.3) is 0 Å². The molecule has 1 aliphatic rings. The summed E-state index contributed by atoms with van der Waals surface area (Å²) < 4.78 is 15.3. The van der Waals surface area contributed by atoms with E-state index in [2.05, 4.69) is 15.0 Å². The van der Waals surface area contributed by atoms with Crippen molar-refractivity contribution in [3.63, 3.8) is 0 Å². The fourth-order valence-electron chi connectivity index (χ4n) is 2.21. The van der Waals surface area contributed by atoms with Crippen LogP contribution in [0.15, 0.2) is 41.1 Å². The quantitative estimate of drug-likeness (QED) is 0.884. The zero-order chi connectivity index (χ0) is 16.8. The Balaban J connectivity index is 1.49. The molecule has 0 atom stereocenters. The van der Waals surface area contributed by atoms with E-state index in [9.17, 15) is 9.59 Å². The lowest BCUT2D eigenvalue weighted by Gasteiger charge is -2.26. The smallest absolute Gasteiger partial charge is 0.277 e. The molecule has 2 heterocycles. The third kappa shape index (κ3) is 4.11. The van der Waals surface area contributed by atoms with Crippen molar-refractivity contribution in [1.82, 2.24) is 10.1 Å². The SMILES string of the molecule is O=C(Nc1ccc(OCC(=O)N2CCOCC2)cc1)c1ccon1. The molecule has 0 spiro atoms. The normalized spacial score (nSPS) is 14.2. The predicted molar refractivity (Wildman–Crippen MR) is 83.8 cm³/mol. The van der Waals surface area contributed by atoms with Gasteiger partial charge in [-0.05, 0) is 24.3 Å². The van der Waals surface area contributed by atoms with Gasteiger partial charge in [-0.25, -0.2) is 0 Å². The number of carbonyl (C=O) groups excluding carboxylic acids is 2. The standard InChI is InChI=1S/C16H17N3O5/c20-15(19-6-9-22-10-7-19)11-23-13-3-1-12(2-4-13)17-16(21)14-5-8-24-18-14/h1-5,8H,6-7,9-11H2,(H,17,21). The molecule has 1 aromatic heterocycles. The van der Waals surface area contributed by atoms with Crippen LogP contribution in [0, 0.1) is 0 Å². The minimum atomic E-state index is -0.361. The van der Waals surface area contributed by atoms with Crippen LogP contribution in [0.1, 0.15) is 10.5 Å². The first-order chi connectivity index (χ1) is 11.7. The summed E-state index contributed by atoms with van der Waals surface area (Å²) in [4.78, 5) is 25.5. The minimum absolute atomic E-state index is 0.0232. The molecule has 3 rings (SSSR count). The van der Waals surface area contributed by atoms with Gasteiger partial charge in [-0.1, -0.05) is 5.16 Å². The number of nitrogens with one attached hydrogen (secondary N) is 1. The van der Waals surface area contributed by atoms with Gasteiger partial charge in [-0.3, -0.25) is 9.59 Å². The van der Waals surface area contributed by atoms with Gasteiger partial charge in [0.15, 0.2) is 12.3 Å². The van der Waals surface area contributed by atoms with Crippen LogP contribution in [0.2, 0.25) is 0 Å². The van der Waals surface area contributed by atoms with Crippen LogP contribution in [0.3, 0.4) is 0 Å². The minimum Gasteiger partial charge on any atom is -0.484 e. The summed E-state index contributed by atoms with van der Waals surface area (Å²) in [6.07, 6.45) is 1.33. The Labute approximate surface area is 138 Å². The molecule has 2 aromatic rings. The van der Waals surface area contributed by atoms with Crippen molar-refractivity contribution in [1.29, 1.82) is 0 Å². The summed E-state index contributed by atoms with van der Waals surface area (Å²) >= 11 is 0. The highest BCUT2D eigenvalue weighted by molar-refractivity contribution is 6.02. The molecule has 8 heteroatoms. The second-order valence-electron chi connectivity index (χ2n) is 5.15. The van der Waals surface area contributed by atoms with Crippen LogP contribution in [-0.2, 0) is 9.53 Å². The summed E-state index contributed by atoms with van der Waals surface area (Å²) in [6.45, 7) is 2.28. The lowest BCUT2D eigenvalue weighted by molar-refractivity contribution is -0.137. The molecule has 1 aromatic carbocycles. The van der Waals surface area contributed by atoms with E-state index in [1.165, 1.54) is 12.3 Å². The molecule has 24 heavy (non-hydrogen) atoms. The number of aromatic nitrogens is 1. The van der Waals surface area contributed by atoms with Crippen LogP contribution in [0.5, 0.6) is 5.75 Å². The molecular weight excluding hydrogens is 314 g/mol. The maximum atomic E-state index is 12.0. The van der Waals surface area contributed by atoms with Crippen LogP contribution in [-0.4, -0.2) is 54.8 Å². The van der Waals surface area contributed by atoms with Crippen LogP contribution >= 0.6 is 0 Å². The molecular formula is C16H17N3O5. The molecule has 8 nitrogen and oxygen atoms in total. The maximum absolute atomic E-state index is 12.0. The molecule has 0 radical (unpaired) electrons. The number of carbonyl (C=O) groups is 2. The van der Waals surface area contributed by atoms with Crippen LogP contribution in [0.4, 0.5) is 5.69 Å². The van der Waals surface area contributed by atoms with Gasteiger partial charge in [0, 0.05) is 24.8 Å². The number of hydrogen-bond acceptors (Lipinski definition) is 6. The van der Waals surface area contributed by atoms with Crippen molar-refractivity contribution < 1.29 is 23.6 Å². The van der Waals surface area contributed by atoms with Gasteiger partial charge >= 0.3 is 0 Å². The van der Waals surface area contributed by atoms with Crippen LogP contribution < -0.4 is 10.1 Å². The van der Waals surface area contributed by atoms with Crippen molar-refractivity contribution in [3.05, 3.63) is 42.3 Å². The highest BCUT2D eigenvalue weighted by Crippen LogP contribution is 2.16.